The molecule has 132 valence electrons. The molecular weight excluding hydrogens is 320 g/mol. The summed E-state index contributed by atoms with van der Waals surface area (Å²) in [6.07, 6.45) is 3.64. The first-order chi connectivity index (χ1) is 12.0. The van der Waals surface area contributed by atoms with Crippen molar-refractivity contribution in [2.45, 2.75) is 32.6 Å². The predicted octanol–water partition coefficient (Wildman–Crippen LogP) is 1.57. The van der Waals surface area contributed by atoms with Crippen LogP contribution in [0.1, 0.15) is 35.9 Å². The molecule has 1 unspecified atom stereocenters. The van der Waals surface area contributed by atoms with E-state index in [2.05, 4.69) is 37.0 Å². The molecule has 0 aromatic carbocycles. The number of rotatable bonds is 3. The number of piperidine rings is 1. The number of nitrogens with zero attached hydrogens (tertiary/aromatic N) is 8. The summed E-state index contributed by atoms with van der Waals surface area (Å²) in [6.45, 7) is 5.87. The fraction of sp³-hybridized carbons (Fsp3) is 0.562. The topological polar surface area (TPSA) is 88.5 Å². The van der Waals surface area contributed by atoms with E-state index in [0.29, 0.717) is 17.6 Å². The molecule has 0 amide bonds. The molecule has 4 heterocycles. The van der Waals surface area contributed by atoms with Gasteiger partial charge in [0.05, 0.1) is 5.92 Å². The van der Waals surface area contributed by atoms with Gasteiger partial charge in [0.2, 0.25) is 5.89 Å². The first kappa shape index (κ1) is 15.8. The number of anilines is 2. The second kappa shape index (κ2) is 5.98. The van der Waals surface area contributed by atoms with Gasteiger partial charge >= 0.3 is 0 Å². The van der Waals surface area contributed by atoms with Gasteiger partial charge in [-0.1, -0.05) is 0 Å². The molecule has 0 spiro atoms. The van der Waals surface area contributed by atoms with Gasteiger partial charge in [0.15, 0.2) is 0 Å². The summed E-state index contributed by atoms with van der Waals surface area (Å²) in [5.41, 5.74) is 2.10. The zero-order valence-corrected chi connectivity index (χ0v) is 15.0. The number of aromatic nitrogens is 6. The van der Waals surface area contributed by atoms with Crippen LogP contribution in [0.3, 0.4) is 0 Å². The monoisotopic (exact) mass is 342 g/mol. The Hall–Kier alpha value is -2.71. The fourth-order valence-electron chi connectivity index (χ4n) is 3.33. The standard InChI is InChI=1S/C16H22N8O/c1-10-11(2)19-15-17-9-18-24(15)14(10)23-7-5-6-12(8-23)13-20-16(21-25-13)22(3)4/h9,12H,5-8H2,1-4H3. The highest BCUT2D eigenvalue weighted by Crippen LogP contribution is 2.31. The van der Waals surface area contributed by atoms with E-state index in [1.54, 1.807) is 6.33 Å². The smallest absolute Gasteiger partial charge is 0.265 e. The van der Waals surface area contributed by atoms with Crippen molar-refractivity contribution >= 4 is 17.5 Å². The van der Waals surface area contributed by atoms with Crippen LogP contribution in [-0.4, -0.2) is 56.9 Å². The summed E-state index contributed by atoms with van der Waals surface area (Å²) < 4.78 is 7.32. The van der Waals surface area contributed by atoms with Crippen molar-refractivity contribution in [2.24, 2.45) is 0 Å². The van der Waals surface area contributed by atoms with E-state index in [4.69, 9.17) is 4.52 Å². The van der Waals surface area contributed by atoms with Gasteiger partial charge in [-0.15, -0.1) is 0 Å². The fourth-order valence-corrected chi connectivity index (χ4v) is 3.33. The Morgan fingerprint density at radius 3 is 2.84 bits per heavy atom. The third-order valence-corrected chi connectivity index (χ3v) is 4.78. The minimum Gasteiger partial charge on any atom is -0.355 e. The van der Waals surface area contributed by atoms with Crippen molar-refractivity contribution in [2.75, 3.05) is 37.0 Å². The summed E-state index contributed by atoms with van der Waals surface area (Å²) in [5.74, 6) is 3.21. The molecule has 1 saturated heterocycles. The molecule has 1 atom stereocenters. The van der Waals surface area contributed by atoms with E-state index < -0.39 is 0 Å². The van der Waals surface area contributed by atoms with Crippen molar-refractivity contribution in [1.29, 1.82) is 0 Å². The van der Waals surface area contributed by atoms with Crippen molar-refractivity contribution < 1.29 is 4.52 Å². The molecule has 3 aromatic heterocycles. The first-order valence-electron chi connectivity index (χ1n) is 8.47. The van der Waals surface area contributed by atoms with Crippen LogP contribution in [-0.2, 0) is 0 Å². The van der Waals surface area contributed by atoms with Gasteiger partial charge in [0.1, 0.15) is 12.1 Å². The van der Waals surface area contributed by atoms with E-state index in [1.807, 2.05) is 30.4 Å². The van der Waals surface area contributed by atoms with Crippen LogP contribution in [0.25, 0.3) is 5.78 Å². The second-order valence-corrected chi connectivity index (χ2v) is 6.73. The summed E-state index contributed by atoms with van der Waals surface area (Å²) >= 11 is 0. The average Bonchev–Trinajstić information content (AvgIpc) is 3.25. The summed E-state index contributed by atoms with van der Waals surface area (Å²) in [5, 5.41) is 8.41. The lowest BCUT2D eigenvalue weighted by Crippen LogP contribution is -2.36. The minimum absolute atomic E-state index is 0.210. The molecule has 9 nitrogen and oxygen atoms in total. The van der Waals surface area contributed by atoms with E-state index in [9.17, 15) is 0 Å². The maximum atomic E-state index is 5.50. The Morgan fingerprint density at radius 1 is 1.24 bits per heavy atom. The van der Waals surface area contributed by atoms with Gasteiger partial charge < -0.3 is 14.3 Å². The molecule has 0 radical (unpaired) electrons. The third kappa shape index (κ3) is 2.69. The largest absolute Gasteiger partial charge is 0.355 e. The summed E-state index contributed by atoms with van der Waals surface area (Å²) in [6, 6.07) is 0. The molecule has 0 aliphatic carbocycles. The highest BCUT2D eigenvalue weighted by atomic mass is 16.5. The molecule has 25 heavy (non-hydrogen) atoms. The summed E-state index contributed by atoms with van der Waals surface area (Å²) in [7, 11) is 3.82. The third-order valence-electron chi connectivity index (χ3n) is 4.78. The second-order valence-electron chi connectivity index (χ2n) is 6.73. The molecule has 1 aliphatic rings. The number of fused-ring (bicyclic) bond motifs is 1. The predicted molar refractivity (Wildman–Crippen MR) is 93.1 cm³/mol. The van der Waals surface area contributed by atoms with Crippen molar-refractivity contribution in [3.63, 3.8) is 0 Å². The lowest BCUT2D eigenvalue weighted by molar-refractivity contribution is 0.332. The van der Waals surface area contributed by atoms with E-state index in [0.717, 1.165) is 43.0 Å². The van der Waals surface area contributed by atoms with Gasteiger partial charge in [0.25, 0.3) is 11.7 Å². The first-order valence-corrected chi connectivity index (χ1v) is 8.47. The zero-order chi connectivity index (χ0) is 17.6. The maximum Gasteiger partial charge on any atom is 0.265 e. The van der Waals surface area contributed by atoms with E-state index in [1.165, 1.54) is 0 Å². The Bertz CT molecular complexity index is 899. The SMILES string of the molecule is Cc1nc2ncnn2c(N2CCCC(c3nc(N(C)C)no3)C2)c1C. The van der Waals surface area contributed by atoms with Crippen molar-refractivity contribution in [3.05, 3.63) is 23.5 Å². The van der Waals surface area contributed by atoms with Crippen molar-refractivity contribution in [1.82, 2.24) is 29.7 Å². The lowest BCUT2D eigenvalue weighted by Gasteiger charge is -2.33. The van der Waals surface area contributed by atoms with Gasteiger partial charge in [0, 0.05) is 38.4 Å². The van der Waals surface area contributed by atoms with Crippen LogP contribution in [0.5, 0.6) is 0 Å². The number of hydrogen-bond donors (Lipinski definition) is 0. The van der Waals surface area contributed by atoms with Crippen LogP contribution in [0.2, 0.25) is 0 Å². The Morgan fingerprint density at radius 2 is 2.08 bits per heavy atom. The van der Waals surface area contributed by atoms with Gasteiger partial charge in [-0.2, -0.15) is 19.6 Å². The molecule has 4 rings (SSSR count). The molecule has 0 bridgehead atoms. The van der Waals surface area contributed by atoms with Gasteiger partial charge in [-0.05, 0) is 31.8 Å². The highest BCUT2D eigenvalue weighted by Gasteiger charge is 2.29. The quantitative estimate of drug-likeness (QED) is 0.709. The normalized spacial score (nSPS) is 18.1. The van der Waals surface area contributed by atoms with Crippen LogP contribution >= 0.6 is 0 Å². The van der Waals surface area contributed by atoms with E-state index >= 15 is 0 Å². The number of hydrogen-bond acceptors (Lipinski definition) is 8. The van der Waals surface area contributed by atoms with Gasteiger partial charge in [-0.3, -0.25) is 0 Å². The van der Waals surface area contributed by atoms with E-state index in [-0.39, 0.29) is 5.92 Å². The number of aryl methyl sites for hydroxylation is 1. The Kier molecular flexibility index (Phi) is 3.78. The van der Waals surface area contributed by atoms with Crippen LogP contribution in [0.4, 0.5) is 11.8 Å². The highest BCUT2D eigenvalue weighted by molar-refractivity contribution is 5.54. The molecule has 1 aliphatic heterocycles. The zero-order valence-electron chi connectivity index (χ0n) is 15.0. The maximum absolute atomic E-state index is 5.50. The van der Waals surface area contributed by atoms with Crippen LogP contribution in [0, 0.1) is 13.8 Å². The van der Waals surface area contributed by atoms with Crippen molar-refractivity contribution in [3.8, 4) is 0 Å². The molecule has 9 heteroatoms. The van der Waals surface area contributed by atoms with Crippen LogP contribution in [0.15, 0.2) is 10.9 Å². The summed E-state index contributed by atoms with van der Waals surface area (Å²) in [4.78, 5) is 17.5. The molecule has 0 N–H and O–H groups in total. The Balaban J connectivity index is 1.67. The Labute approximate surface area is 145 Å². The molecule has 0 saturated carbocycles. The molecule has 3 aromatic rings. The molecular formula is C16H22N8O. The van der Waals surface area contributed by atoms with Gasteiger partial charge in [-0.25, -0.2) is 4.98 Å². The minimum atomic E-state index is 0.210. The molecule has 1 fully saturated rings. The lowest BCUT2D eigenvalue weighted by atomic mass is 9.97. The van der Waals surface area contributed by atoms with Crippen LogP contribution < -0.4 is 9.80 Å². The average molecular weight is 342 g/mol.